The van der Waals surface area contributed by atoms with Gasteiger partial charge in [-0.15, -0.1) is 0 Å². The molecule has 0 spiro atoms. The average Bonchev–Trinajstić information content (AvgIpc) is 2.43. The van der Waals surface area contributed by atoms with E-state index in [4.69, 9.17) is 5.11 Å². The molecule has 0 radical (unpaired) electrons. The van der Waals surface area contributed by atoms with Gasteiger partial charge >= 0.3 is 12.1 Å². The van der Waals surface area contributed by atoms with Gasteiger partial charge in [0.1, 0.15) is 11.6 Å². The van der Waals surface area contributed by atoms with Crippen LogP contribution in [0.25, 0.3) is 0 Å². The third kappa shape index (κ3) is 4.04. The number of amides is 3. The molecule has 1 fully saturated rings. The summed E-state index contributed by atoms with van der Waals surface area (Å²) in [4.78, 5) is 23.9. The summed E-state index contributed by atoms with van der Waals surface area (Å²) in [6.45, 7) is 0.682. The number of halogens is 2. The first-order chi connectivity index (χ1) is 9.95. The Morgan fingerprint density at radius 1 is 1.24 bits per heavy atom. The highest BCUT2D eigenvalue weighted by atomic mass is 19.1. The Balaban J connectivity index is 1.90. The lowest BCUT2D eigenvalue weighted by Gasteiger charge is -2.31. The number of nitrogens with one attached hydrogen (secondary N) is 2. The van der Waals surface area contributed by atoms with Crippen LogP contribution in [0.15, 0.2) is 18.2 Å². The summed E-state index contributed by atoms with van der Waals surface area (Å²) in [5, 5.41) is 13.3. The smallest absolute Gasteiger partial charge is 0.404 e. The van der Waals surface area contributed by atoms with Gasteiger partial charge in [-0.25, -0.2) is 18.4 Å². The second-order valence-corrected chi connectivity index (χ2v) is 4.77. The lowest BCUT2D eigenvalue weighted by atomic mass is 10.1. The highest BCUT2D eigenvalue weighted by Gasteiger charge is 2.24. The van der Waals surface area contributed by atoms with Crippen molar-refractivity contribution in [3.63, 3.8) is 0 Å². The van der Waals surface area contributed by atoms with Crippen LogP contribution in [0.2, 0.25) is 0 Å². The van der Waals surface area contributed by atoms with Crippen molar-refractivity contribution >= 4 is 17.8 Å². The molecule has 8 heteroatoms. The van der Waals surface area contributed by atoms with E-state index in [1.54, 1.807) is 0 Å². The Hall–Kier alpha value is -2.38. The van der Waals surface area contributed by atoms with Crippen molar-refractivity contribution < 1.29 is 23.5 Å². The summed E-state index contributed by atoms with van der Waals surface area (Å²) >= 11 is 0. The molecule has 1 aromatic carbocycles. The Bertz CT molecular complexity index is 545. The Labute approximate surface area is 119 Å². The molecule has 1 saturated heterocycles. The third-order valence-electron chi connectivity index (χ3n) is 3.28. The zero-order valence-electron chi connectivity index (χ0n) is 11.1. The number of rotatable bonds is 2. The van der Waals surface area contributed by atoms with Crippen LogP contribution in [-0.2, 0) is 0 Å². The topological polar surface area (TPSA) is 81.7 Å². The zero-order valence-corrected chi connectivity index (χ0v) is 11.1. The molecule has 0 saturated carbocycles. The summed E-state index contributed by atoms with van der Waals surface area (Å²) < 4.78 is 26.4. The van der Waals surface area contributed by atoms with E-state index >= 15 is 0 Å². The van der Waals surface area contributed by atoms with Gasteiger partial charge in [-0.3, -0.25) is 0 Å². The highest BCUT2D eigenvalue weighted by molar-refractivity contribution is 5.89. The number of urea groups is 1. The molecule has 0 atom stereocenters. The first kappa shape index (κ1) is 15.0. The van der Waals surface area contributed by atoms with E-state index in [-0.39, 0.29) is 11.7 Å². The summed E-state index contributed by atoms with van der Waals surface area (Å²) in [6, 6.07) is 2.08. The average molecular weight is 299 g/mol. The first-order valence-electron chi connectivity index (χ1n) is 6.46. The zero-order chi connectivity index (χ0) is 15.4. The molecule has 0 bridgehead atoms. The molecule has 0 unspecified atom stereocenters. The predicted molar refractivity (Wildman–Crippen MR) is 71.1 cm³/mol. The lowest BCUT2D eigenvalue weighted by Crippen LogP contribution is -2.47. The van der Waals surface area contributed by atoms with E-state index < -0.39 is 23.8 Å². The van der Waals surface area contributed by atoms with Crippen LogP contribution in [0.4, 0.5) is 24.1 Å². The molecule has 1 aromatic rings. The highest BCUT2D eigenvalue weighted by Crippen LogP contribution is 2.17. The van der Waals surface area contributed by atoms with Gasteiger partial charge in [0.25, 0.3) is 0 Å². The van der Waals surface area contributed by atoms with Crippen LogP contribution in [-0.4, -0.2) is 41.3 Å². The van der Waals surface area contributed by atoms with Gasteiger partial charge in [0.2, 0.25) is 0 Å². The van der Waals surface area contributed by atoms with Crippen molar-refractivity contribution in [2.75, 3.05) is 18.4 Å². The fraction of sp³-hybridized carbons (Fsp3) is 0.385. The van der Waals surface area contributed by atoms with Gasteiger partial charge < -0.3 is 20.6 Å². The molecule has 1 aliphatic rings. The molecule has 3 N–H and O–H groups in total. The molecule has 1 aliphatic heterocycles. The fourth-order valence-electron chi connectivity index (χ4n) is 2.19. The molecule has 0 aliphatic carbocycles. The number of carboxylic acid groups (broad SMARTS) is 1. The number of likely N-dealkylation sites (tertiary alicyclic amines) is 1. The van der Waals surface area contributed by atoms with Gasteiger partial charge in [0.05, 0.1) is 5.69 Å². The largest absolute Gasteiger partial charge is 0.465 e. The van der Waals surface area contributed by atoms with Crippen LogP contribution in [0.1, 0.15) is 12.8 Å². The summed E-state index contributed by atoms with van der Waals surface area (Å²) in [5.41, 5.74) is -0.217. The minimum Gasteiger partial charge on any atom is -0.465 e. The number of benzene rings is 1. The van der Waals surface area contributed by atoms with Gasteiger partial charge in [-0.05, 0) is 25.0 Å². The molecular formula is C13H15F2N3O3. The van der Waals surface area contributed by atoms with E-state index in [1.165, 1.54) is 4.90 Å². The number of carbonyl (C=O) groups is 2. The molecular weight excluding hydrogens is 284 g/mol. The Morgan fingerprint density at radius 3 is 2.52 bits per heavy atom. The summed E-state index contributed by atoms with van der Waals surface area (Å²) in [5.74, 6) is -1.36. The van der Waals surface area contributed by atoms with Crippen molar-refractivity contribution in [1.29, 1.82) is 0 Å². The van der Waals surface area contributed by atoms with Crippen LogP contribution in [0.3, 0.4) is 0 Å². The van der Waals surface area contributed by atoms with Crippen molar-refractivity contribution in [2.24, 2.45) is 0 Å². The van der Waals surface area contributed by atoms with Gasteiger partial charge in [0, 0.05) is 25.2 Å². The van der Waals surface area contributed by atoms with Crippen LogP contribution in [0.5, 0.6) is 0 Å². The minimum absolute atomic E-state index is 0.197. The quantitative estimate of drug-likeness (QED) is 0.783. The third-order valence-corrected chi connectivity index (χ3v) is 3.28. The molecule has 2 rings (SSSR count). The van der Waals surface area contributed by atoms with E-state index in [0.717, 1.165) is 18.2 Å². The number of carbonyl (C=O) groups excluding carboxylic acids is 1. The number of hydrogen-bond acceptors (Lipinski definition) is 2. The predicted octanol–water partition coefficient (Wildman–Crippen LogP) is 2.23. The van der Waals surface area contributed by atoms with Crippen LogP contribution in [0, 0.1) is 11.6 Å². The minimum atomic E-state index is -1.10. The molecule has 3 amide bonds. The van der Waals surface area contributed by atoms with Crippen molar-refractivity contribution in [1.82, 2.24) is 10.2 Å². The first-order valence-corrected chi connectivity index (χ1v) is 6.46. The fourth-order valence-corrected chi connectivity index (χ4v) is 2.19. The second-order valence-electron chi connectivity index (χ2n) is 4.77. The monoisotopic (exact) mass is 299 g/mol. The van der Waals surface area contributed by atoms with Crippen molar-refractivity contribution in [3.8, 4) is 0 Å². The second kappa shape index (κ2) is 6.38. The number of hydrogen-bond donors (Lipinski definition) is 3. The van der Waals surface area contributed by atoms with E-state index in [9.17, 15) is 18.4 Å². The number of nitrogens with zero attached hydrogens (tertiary/aromatic N) is 1. The van der Waals surface area contributed by atoms with Crippen molar-refractivity contribution in [2.45, 2.75) is 18.9 Å². The van der Waals surface area contributed by atoms with Gasteiger partial charge in [0.15, 0.2) is 0 Å². The van der Waals surface area contributed by atoms with Gasteiger partial charge in [-0.1, -0.05) is 0 Å². The standard InChI is InChI=1S/C13H15F2N3O3/c14-8-1-2-10(15)11(7-8)17-12(19)18-5-3-9(4-6-18)16-13(20)21/h1-2,7,9,16H,3-6H2,(H,17,19)(H,20,21). The SMILES string of the molecule is O=C(O)NC1CCN(C(=O)Nc2cc(F)ccc2F)CC1. The maximum Gasteiger partial charge on any atom is 0.404 e. The summed E-state index contributed by atoms with van der Waals surface area (Å²) in [6.07, 6.45) is -0.142. The molecule has 1 heterocycles. The van der Waals surface area contributed by atoms with Crippen LogP contribution < -0.4 is 10.6 Å². The lowest BCUT2D eigenvalue weighted by molar-refractivity contribution is 0.171. The number of anilines is 1. The normalized spacial score (nSPS) is 15.6. The summed E-state index contributed by atoms with van der Waals surface area (Å²) in [7, 11) is 0. The van der Waals surface area contributed by atoms with E-state index in [0.29, 0.717) is 25.9 Å². The molecule has 114 valence electrons. The Morgan fingerprint density at radius 2 is 1.90 bits per heavy atom. The Kier molecular flexibility index (Phi) is 4.56. The van der Waals surface area contributed by atoms with Crippen molar-refractivity contribution in [3.05, 3.63) is 29.8 Å². The van der Waals surface area contributed by atoms with Crippen LogP contribution >= 0.6 is 0 Å². The molecule has 6 nitrogen and oxygen atoms in total. The van der Waals surface area contributed by atoms with Gasteiger partial charge in [-0.2, -0.15) is 0 Å². The molecule has 0 aromatic heterocycles. The maximum absolute atomic E-state index is 13.4. The van der Waals surface area contributed by atoms with E-state index in [2.05, 4.69) is 10.6 Å². The maximum atomic E-state index is 13.4. The number of piperidine rings is 1. The molecule has 21 heavy (non-hydrogen) atoms. The van der Waals surface area contributed by atoms with E-state index in [1.807, 2.05) is 0 Å².